The van der Waals surface area contributed by atoms with Gasteiger partial charge in [-0.25, -0.2) is 0 Å². The summed E-state index contributed by atoms with van der Waals surface area (Å²) in [5.74, 6) is 0. The Morgan fingerprint density at radius 1 is 0.450 bits per heavy atom. The minimum Gasteiger partial charge on any atom is -0.870 e. The Morgan fingerprint density at radius 2 is 0.550 bits per heavy atom. The molecule has 0 saturated carbocycles. The number of rotatable bonds is 4. The Balaban J connectivity index is -0.000000158. The van der Waals surface area contributed by atoms with E-state index < -0.39 is 0 Å². The molecule has 0 radical (unpaired) electrons. The second-order valence-corrected chi connectivity index (χ2v) is 7.95. The first-order chi connectivity index (χ1) is 7.77. The summed E-state index contributed by atoms with van der Waals surface area (Å²) in [7, 11) is 8.50. The fourth-order valence-corrected chi connectivity index (χ4v) is 3.58. The Kier molecular flexibility index (Phi) is 14.8. The molecule has 0 unspecified atom stereocenters. The highest BCUT2D eigenvalue weighted by Crippen LogP contribution is 2.28. The molecule has 0 aromatic heterocycles. The molecule has 20 heavy (non-hydrogen) atoms. The fourth-order valence-electron chi connectivity index (χ4n) is 3.58. The molecule has 0 aliphatic carbocycles. The van der Waals surface area contributed by atoms with Gasteiger partial charge in [0.1, 0.15) is 0 Å². The lowest BCUT2D eigenvalue weighted by Crippen LogP contribution is -2.65. The van der Waals surface area contributed by atoms with Crippen molar-refractivity contribution < 1.29 is 19.9 Å². The van der Waals surface area contributed by atoms with E-state index in [1.165, 1.54) is 4.48 Å². The van der Waals surface area contributed by atoms with Gasteiger partial charge in [0.15, 0.2) is 0 Å². The zero-order valence-electron chi connectivity index (χ0n) is 16.1. The molecule has 0 spiro atoms. The van der Waals surface area contributed by atoms with Crippen LogP contribution in [0.1, 0.15) is 55.4 Å². The number of hydrogen-bond acceptors (Lipinski definition) is 2. The van der Waals surface area contributed by atoms with Crippen molar-refractivity contribution in [2.24, 2.45) is 0 Å². The SMILES string of the molecule is CC(C)[N+](C(C)C)(C(C)C)C(C)C.C[N+](C)(C)C.[OH-].[OH-]. The van der Waals surface area contributed by atoms with Crippen molar-refractivity contribution in [3.05, 3.63) is 0 Å². The first-order valence-corrected chi connectivity index (χ1v) is 7.44. The number of hydrogen-bond donors (Lipinski definition) is 0. The minimum atomic E-state index is 0. The van der Waals surface area contributed by atoms with E-state index in [1.54, 1.807) is 0 Å². The highest BCUT2D eigenvalue weighted by molar-refractivity contribution is 4.61. The molecule has 0 atom stereocenters. The normalized spacial score (nSPS) is 12.0. The minimum absolute atomic E-state index is 0. The molecule has 4 heteroatoms. The Hall–Kier alpha value is -0.160. The second-order valence-electron chi connectivity index (χ2n) is 7.95. The highest BCUT2D eigenvalue weighted by atomic mass is 16.0. The average Bonchev–Trinajstić information content (AvgIpc) is 1.96. The third kappa shape index (κ3) is 8.90. The van der Waals surface area contributed by atoms with E-state index in [0.717, 1.165) is 4.48 Å². The van der Waals surface area contributed by atoms with Gasteiger partial charge in [0.25, 0.3) is 0 Å². The van der Waals surface area contributed by atoms with Gasteiger partial charge in [-0.1, -0.05) is 0 Å². The van der Waals surface area contributed by atoms with Gasteiger partial charge in [0.2, 0.25) is 0 Å². The monoisotopic (exact) mass is 294 g/mol. The molecular formula is C16H42N2O2. The Labute approximate surface area is 128 Å². The third-order valence-corrected chi connectivity index (χ3v) is 3.58. The smallest absolute Gasteiger partial charge is 0.0839 e. The largest absolute Gasteiger partial charge is 0.870 e. The molecular weight excluding hydrogens is 252 g/mol. The molecule has 0 bridgehead atoms. The van der Waals surface area contributed by atoms with Crippen LogP contribution in [0.4, 0.5) is 0 Å². The molecule has 0 aromatic carbocycles. The van der Waals surface area contributed by atoms with E-state index in [9.17, 15) is 0 Å². The second kappa shape index (κ2) is 10.6. The standard InChI is InChI=1S/C12H28N.C4H12N.2H2O/c1-9(2)13(10(3)4,11(5)6)12(7)8;1-5(2,3)4;;/h9-12H,1-8H3;1-4H3;2*1H2/q2*+1;;/p-2. The zero-order chi connectivity index (χ0) is 15.3. The molecule has 0 saturated heterocycles. The summed E-state index contributed by atoms with van der Waals surface area (Å²) < 4.78 is 2.22. The van der Waals surface area contributed by atoms with Gasteiger partial charge in [-0.15, -0.1) is 0 Å². The van der Waals surface area contributed by atoms with E-state index in [-0.39, 0.29) is 11.0 Å². The molecule has 0 aliphatic rings. The summed E-state index contributed by atoms with van der Waals surface area (Å²) in [4.78, 5) is 0. The first kappa shape index (κ1) is 28.1. The predicted octanol–water partition coefficient (Wildman–Crippen LogP) is 3.41. The van der Waals surface area contributed by atoms with Crippen LogP contribution >= 0.6 is 0 Å². The van der Waals surface area contributed by atoms with E-state index in [1.807, 2.05) is 0 Å². The van der Waals surface area contributed by atoms with Crippen molar-refractivity contribution in [3.63, 3.8) is 0 Å². The summed E-state index contributed by atoms with van der Waals surface area (Å²) in [5.41, 5.74) is 0. The van der Waals surface area contributed by atoms with Gasteiger partial charge in [-0.3, -0.25) is 0 Å². The molecule has 4 nitrogen and oxygen atoms in total. The Bertz CT molecular complexity index is 175. The lowest BCUT2D eigenvalue weighted by molar-refractivity contribution is -1.00. The van der Waals surface area contributed by atoms with Crippen LogP contribution < -0.4 is 0 Å². The maximum atomic E-state index is 2.35. The number of nitrogens with zero attached hydrogens (tertiary/aromatic N) is 2. The van der Waals surface area contributed by atoms with Crippen molar-refractivity contribution in [1.82, 2.24) is 0 Å². The van der Waals surface area contributed by atoms with Crippen molar-refractivity contribution in [2.45, 2.75) is 79.6 Å². The van der Waals surface area contributed by atoms with Gasteiger partial charge in [0, 0.05) is 0 Å². The molecule has 0 aromatic rings. The summed E-state index contributed by atoms with van der Waals surface area (Å²) in [5, 5.41) is 0. The van der Waals surface area contributed by atoms with Gasteiger partial charge in [0.05, 0.1) is 52.4 Å². The quantitative estimate of drug-likeness (QED) is 0.746. The summed E-state index contributed by atoms with van der Waals surface area (Å²) >= 11 is 0. The molecule has 0 fully saturated rings. The van der Waals surface area contributed by atoms with Crippen LogP contribution in [0.15, 0.2) is 0 Å². The topological polar surface area (TPSA) is 60.0 Å². The zero-order valence-corrected chi connectivity index (χ0v) is 16.1. The molecule has 0 heterocycles. The van der Waals surface area contributed by atoms with Crippen molar-refractivity contribution in [1.29, 1.82) is 0 Å². The van der Waals surface area contributed by atoms with E-state index in [4.69, 9.17) is 0 Å². The molecule has 0 rings (SSSR count). The van der Waals surface area contributed by atoms with E-state index in [2.05, 4.69) is 83.6 Å². The summed E-state index contributed by atoms with van der Waals surface area (Å²) in [6.07, 6.45) is 0. The maximum Gasteiger partial charge on any atom is 0.0839 e. The first-order valence-electron chi connectivity index (χ1n) is 7.44. The molecule has 128 valence electrons. The van der Waals surface area contributed by atoms with Crippen LogP contribution in [-0.2, 0) is 0 Å². The molecule has 0 aliphatic heterocycles. The average molecular weight is 295 g/mol. The van der Waals surface area contributed by atoms with Crippen LogP contribution in [0.3, 0.4) is 0 Å². The van der Waals surface area contributed by atoms with Crippen molar-refractivity contribution in [3.8, 4) is 0 Å². The lowest BCUT2D eigenvalue weighted by Gasteiger charge is -2.52. The maximum absolute atomic E-state index is 2.35. The van der Waals surface area contributed by atoms with Crippen LogP contribution in [-0.4, -0.2) is 72.3 Å². The van der Waals surface area contributed by atoms with Gasteiger partial charge < -0.3 is 19.9 Å². The van der Waals surface area contributed by atoms with Crippen LogP contribution in [0.2, 0.25) is 0 Å². The molecule has 2 N–H and O–H groups in total. The lowest BCUT2D eigenvalue weighted by atomic mass is 10.0. The van der Waals surface area contributed by atoms with E-state index in [0.29, 0.717) is 24.2 Å². The predicted molar refractivity (Wildman–Crippen MR) is 88.6 cm³/mol. The number of quaternary nitrogens is 2. The molecule has 0 amide bonds. The Morgan fingerprint density at radius 3 is 0.550 bits per heavy atom. The van der Waals surface area contributed by atoms with Crippen LogP contribution in [0.5, 0.6) is 0 Å². The van der Waals surface area contributed by atoms with E-state index >= 15 is 0 Å². The highest BCUT2D eigenvalue weighted by Gasteiger charge is 2.40. The van der Waals surface area contributed by atoms with Crippen molar-refractivity contribution >= 4 is 0 Å². The van der Waals surface area contributed by atoms with Crippen LogP contribution in [0.25, 0.3) is 0 Å². The van der Waals surface area contributed by atoms with Gasteiger partial charge >= 0.3 is 0 Å². The van der Waals surface area contributed by atoms with Gasteiger partial charge in [-0.05, 0) is 55.4 Å². The fraction of sp³-hybridized carbons (Fsp3) is 1.00. The van der Waals surface area contributed by atoms with Gasteiger partial charge in [-0.2, -0.15) is 0 Å². The van der Waals surface area contributed by atoms with Crippen LogP contribution in [0, 0.1) is 0 Å². The summed E-state index contributed by atoms with van der Waals surface area (Å²) in [6.45, 7) is 18.8. The summed E-state index contributed by atoms with van der Waals surface area (Å²) in [6, 6.07) is 2.83. The van der Waals surface area contributed by atoms with Crippen molar-refractivity contribution in [2.75, 3.05) is 28.2 Å². The third-order valence-electron chi connectivity index (χ3n) is 3.58.